The van der Waals surface area contributed by atoms with Gasteiger partial charge in [0, 0.05) is 13.1 Å². The van der Waals surface area contributed by atoms with E-state index in [2.05, 4.69) is 4.98 Å². The predicted octanol–water partition coefficient (Wildman–Crippen LogP) is 0.664. The lowest BCUT2D eigenvalue weighted by molar-refractivity contribution is 0.685. The zero-order valence-electron chi connectivity index (χ0n) is 8.60. The van der Waals surface area contributed by atoms with Crippen LogP contribution >= 0.6 is 0 Å². The number of rotatable bonds is 2. The lowest BCUT2D eigenvalue weighted by Crippen LogP contribution is -2.20. The third kappa shape index (κ3) is 1.64. The second-order valence-corrected chi connectivity index (χ2v) is 3.42. The number of hydrogen-bond donors (Lipinski definition) is 1. The van der Waals surface area contributed by atoms with E-state index in [1.165, 1.54) is 0 Å². The van der Waals surface area contributed by atoms with Crippen LogP contribution in [0.2, 0.25) is 0 Å². The van der Waals surface area contributed by atoms with Crippen molar-refractivity contribution in [3.63, 3.8) is 0 Å². The van der Waals surface area contributed by atoms with Crippen LogP contribution in [-0.4, -0.2) is 16.1 Å². The van der Waals surface area contributed by atoms with Gasteiger partial charge in [-0.05, 0) is 19.1 Å². The first-order valence-corrected chi connectivity index (χ1v) is 4.90. The van der Waals surface area contributed by atoms with Crippen LogP contribution in [0.5, 0.6) is 0 Å². The second-order valence-electron chi connectivity index (χ2n) is 3.42. The van der Waals surface area contributed by atoms with E-state index in [0.717, 1.165) is 5.52 Å². The highest BCUT2D eigenvalue weighted by molar-refractivity contribution is 5.78. The molecule has 4 heteroatoms. The summed E-state index contributed by atoms with van der Waals surface area (Å²) < 4.78 is 1.97. The molecular weight excluding hydrogens is 190 g/mol. The maximum atomic E-state index is 11.6. The van der Waals surface area contributed by atoms with Gasteiger partial charge in [0.25, 0.3) is 5.56 Å². The molecule has 0 unspecified atom stereocenters. The molecule has 0 amide bonds. The van der Waals surface area contributed by atoms with Crippen LogP contribution in [0, 0.1) is 6.92 Å². The lowest BCUT2D eigenvalue weighted by Gasteiger charge is -2.11. The normalized spacial score (nSPS) is 10.8. The average Bonchev–Trinajstić information content (AvgIpc) is 2.24. The van der Waals surface area contributed by atoms with E-state index in [9.17, 15) is 4.79 Å². The van der Waals surface area contributed by atoms with Crippen LogP contribution in [-0.2, 0) is 6.54 Å². The third-order valence-corrected chi connectivity index (χ3v) is 2.43. The molecule has 1 aromatic heterocycles. The van der Waals surface area contributed by atoms with Crippen molar-refractivity contribution in [2.75, 3.05) is 6.54 Å². The molecule has 0 saturated carbocycles. The number of aromatic nitrogens is 2. The Morgan fingerprint density at radius 3 is 2.87 bits per heavy atom. The maximum Gasteiger partial charge on any atom is 0.280 e. The van der Waals surface area contributed by atoms with Gasteiger partial charge in [-0.25, -0.2) is 0 Å². The first-order chi connectivity index (χ1) is 7.24. The predicted molar refractivity (Wildman–Crippen MR) is 59.8 cm³/mol. The highest BCUT2D eigenvalue weighted by atomic mass is 16.1. The molecular formula is C11H13N3O. The van der Waals surface area contributed by atoms with Crippen molar-refractivity contribution < 1.29 is 0 Å². The first kappa shape index (κ1) is 9.86. The molecule has 0 atom stereocenters. The van der Waals surface area contributed by atoms with Crippen LogP contribution < -0.4 is 11.3 Å². The summed E-state index contributed by atoms with van der Waals surface area (Å²) in [5.74, 6) is 0.712. The molecule has 2 N–H and O–H groups in total. The van der Waals surface area contributed by atoms with E-state index >= 15 is 0 Å². The van der Waals surface area contributed by atoms with Crippen LogP contribution in [0.4, 0.5) is 0 Å². The molecule has 2 aromatic rings. The van der Waals surface area contributed by atoms with Crippen LogP contribution in [0.1, 0.15) is 5.82 Å². The van der Waals surface area contributed by atoms with Crippen molar-refractivity contribution in [3.05, 3.63) is 40.4 Å². The highest BCUT2D eigenvalue weighted by Crippen LogP contribution is 2.10. The van der Waals surface area contributed by atoms with Gasteiger partial charge < -0.3 is 10.3 Å². The number of para-hydroxylation sites is 1. The average molecular weight is 203 g/mol. The molecule has 4 nitrogen and oxygen atoms in total. The van der Waals surface area contributed by atoms with Gasteiger partial charge >= 0.3 is 0 Å². The summed E-state index contributed by atoms with van der Waals surface area (Å²) in [5.41, 5.74) is 6.26. The molecule has 0 radical (unpaired) electrons. The van der Waals surface area contributed by atoms with E-state index in [1.54, 1.807) is 6.07 Å². The van der Waals surface area contributed by atoms with E-state index in [0.29, 0.717) is 24.3 Å². The topological polar surface area (TPSA) is 60.9 Å². The summed E-state index contributed by atoms with van der Waals surface area (Å²) in [6, 6.07) is 7.46. The van der Waals surface area contributed by atoms with Crippen molar-refractivity contribution in [2.24, 2.45) is 5.73 Å². The zero-order valence-corrected chi connectivity index (χ0v) is 8.60. The van der Waals surface area contributed by atoms with E-state index in [4.69, 9.17) is 5.73 Å². The van der Waals surface area contributed by atoms with Gasteiger partial charge in [-0.3, -0.25) is 4.79 Å². The molecule has 2 rings (SSSR count). The van der Waals surface area contributed by atoms with Gasteiger partial charge in [0.05, 0.1) is 10.9 Å². The van der Waals surface area contributed by atoms with Gasteiger partial charge in [-0.2, -0.15) is 4.98 Å². The summed E-state index contributed by atoms with van der Waals surface area (Å²) in [6.07, 6.45) is 0. The monoisotopic (exact) mass is 203 g/mol. The minimum Gasteiger partial charge on any atom is -0.329 e. The number of hydrogen-bond acceptors (Lipinski definition) is 3. The summed E-state index contributed by atoms with van der Waals surface area (Å²) in [7, 11) is 0. The van der Waals surface area contributed by atoms with E-state index < -0.39 is 0 Å². The molecule has 0 saturated heterocycles. The molecule has 0 aliphatic heterocycles. The van der Waals surface area contributed by atoms with Gasteiger partial charge in [0.2, 0.25) is 0 Å². The molecule has 0 bridgehead atoms. The standard InChI is InChI=1S/C11H13N3O/c1-8-13-11(15)9-4-2-3-5-10(9)14(8)7-6-12/h2-5H,6-7,12H2,1H3. The Hall–Kier alpha value is -1.68. The highest BCUT2D eigenvalue weighted by Gasteiger charge is 2.05. The Morgan fingerprint density at radius 2 is 2.13 bits per heavy atom. The first-order valence-electron chi connectivity index (χ1n) is 4.90. The Labute approximate surface area is 87.4 Å². The Morgan fingerprint density at radius 1 is 1.40 bits per heavy atom. The van der Waals surface area contributed by atoms with Crippen molar-refractivity contribution in [2.45, 2.75) is 13.5 Å². The summed E-state index contributed by atoms with van der Waals surface area (Å²) in [4.78, 5) is 15.6. The fourth-order valence-electron chi connectivity index (χ4n) is 1.74. The van der Waals surface area contributed by atoms with Crippen molar-refractivity contribution in [1.29, 1.82) is 0 Å². The SMILES string of the molecule is Cc1nc(=O)c2ccccc2n1CCN. The molecule has 15 heavy (non-hydrogen) atoms. The Bertz CT molecular complexity index is 545. The maximum absolute atomic E-state index is 11.6. The molecule has 0 fully saturated rings. The van der Waals surface area contributed by atoms with Crippen LogP contribution in [0.3, 0.4) is 0 Å². The number of aryl methyl sites for hydroxylation is 1. The number of benzene rings is 1. The molecule has 1 aromatic carbocycles. The molecule has 0 aliphatic rings. The van der Waals surface area contributed by atoms with Crippen LogP contribution in [0.15, 0.2) is 29.1 Å². The van der Waals surface area contributed by atoms with Crippen molar-refractivity contribution in [1.82, 2.24) is 9.55 Å². The number of fused-ring (bicyclic) bond motifs is 1. The fourth-order valence-corrected chi connectivity index (χ4v) is 1.74. The van der Waals surface area contributed by atoms with Gasteiger partial charge in [-0.1, -0.05) is 12.1 Å². The fraction of sp³-hybridized carbons (Fsp3) is 0.273. The summed E-state index contributed by atoms with van der Waals surface area (Å²) in [6.45, 7) is 3.04. The van der Waals surface area contributed by atoms with Gasteiger partial charge in [-0.15, -0.1) is 0 Å². The summed E-state index contributed by atoms with van der Waals surface area (Å²) >= 11 is 0. The molecule has 0 aliphatic carbocycles. The van der Waals surface area contributed by atoms with Gasteiger partial charge in [0.15, 0.2) is 0 Å². The van der Waals surface area contributed by atoms with E-state index in [-0.39, 0.29) is 5.56 Å². The smallest absolute Gasteiger partial charge is 0.280 e. The second kappa shape index (κ2) is 3.82. The Balaban J connectivity index is 2.83. The third-order valence-electron chi connectivity index (χ3n) is 2.43. The molecule has 0 spiro atoms. The van der Waals surface area contributed by atoms with Crippen molar-refractivity contribution in [3.8, 4) is 0 Å². The Kier molecular flexibility index (Phi) is 2.51. The molecule has 1 heterocycles. The zero-order chi connectivity index (χ0) is 10.8. The lowest BCUT2D eigenvalue weighted by atomic mass is 10.2. The quantitative estimate of drug-likeness (QED) is 0.780. The number of nitrogens with zero attached hydrogens (tertiary/aromatic N) is 2. The summed E-state index contributed by atoms with van der Waals surface area (Å²) in [5, 5.41) is 0.650. The van der Waals surface area contributed by atoms with Gasteiger partial charge in [0.1, 0.15) is 5.82 Å². The van der Waals surface area contributed by atoms with Crippen molar-refractivity contribution >= 4 is 10.9 Å². The minimum atomic E-state index is -0.170. The minimum absolute atomic E-state index is 0.170. The van der Waals surface area contributed by atoms with Crippen LogP contribution in [0.25, 0.3) is 10.9 Å². The largest absolute Gasteiger partial charge is 0.329 e. The molecule has 78 valence electrons. The van der Waals surface area contributed by atoms with E-state index in [1.807, 2.05) is 29.7 Å². The number of nitrogens with two attached hydrogens (primary N) is 1.